The fourth-order valence-electron chi connectivity index (χ4n) is 4.51. The highest BCUT2D eigenvalue weighted by atomic mass is 35.5. The molecule has 27 heavy (non-hydrogen) atoms. The minimum atomic E-state index is 0.302. The van der Waals surface area contributed by atoms with Gasteiger partial charge in [0.05, 0.1) is 11.8 Å². The van der Waals surface area contributed by atoms with Crippen LogP contribution in [0.15, 0.2) is 29.4 Å². The van der Waals surface area contributed by atoms with E-state index in [4.69, 9.17) is 11.6 Å². The Hall–Kier alpha value is -1.26. The van der Waals surface area contributed by atoms with Gasteiger partial charge in [0.2, 0.25) is 0 Å². The van der Waals surface area contributed by atoms with Crippen LogP contribution in [-0.2, 0) is 0 Å². The molecule has 1 saturated heterocycles. The zero-order valence-electron chi connectivity index (χ0n) is 16.5. The van der Waals surface area contributed by atoms with Crippen molar-refractivity contribution in [2.45, 2.75) is 70.3 Å². The van der Waals surface area contributed by atoms with Crippen LogP contribution in [-0.4, -0.2) is 48.0 Å². The lowest BCUT2D eigenvalue weighted by atomic mass is 9.95. The third-order valence-corrected chi connectivity index (χ3v) is 6.34. The Bertz CT molecular complexity index is 599. The highest BCUT2D eigenvalue weighted by Crippen LogP contribution is 2.24. The Morgan fingerprint density at radius 1 is 0.889 bits per heavy atom. The van der Waals surface area contributed by atoms with Crippen LogP contribution in [0.1, 0.15) is 64.2 Å². The van der Waals surface area contributed by atoms with Gasteiger partial charge in [0.25, 0.3) is 0 Å². The number of anilines is 1. The van der Waals surface area contributed by atoms with Crippen LogP contribution in [0.25, 0.3) is 0 Å². The highest BCUT2D eigenvalue weighted by molar-refractivity contribution is 6.30. The standard InChI is InChI=1S/C22H34ClN3O/c23-19-10-9-11-20(18-19)25-14-16-26(17-15-25)22-13-8-6-4-2-1-3-5-7-12-21(22)24-27/h9-11,18,22,27H,1-8,12-17H2/b24-21-. The minimum Gasteiger partial charge on any atom is -0.411 e. The highest BCUT2D eigenvalue weighted by Gasteiger charge is 2.27. The molecule has 1 aliphatic heterocycles. The molecule has 3 rings (SSSR count). The summed E-state index contributed by atoms with van der Waals surface area (Å²) in [6, 6.07) is 8.44. The van der Waals surface area contributed by atoms with Gasteiger partial charge in [-0.1, -0.05) is 67.8 Å². The summed E-state index contributed by atoms with van der Waals surface area (Å²) in [6.07, 6.45) is 12.4. The number of piperazine rings is 1. The summed E-state index contributed by atoms with van der Waals surface area (Å²) < 4.78 is 0. The van der Waals surface area contributed by atoms with E-state index in [0.29, 0.717) is 6.04 Å². The summed E-state index contributed by atoms with van der Waals surface area (Å²) in [6.45, 7) is 4.01. The lowest BCUT2D eigenvalue weighted by Gasteiger charge is -2.40. The largest absolute Gasteiger partial charge is 0.411 e. The van der Waals surface area contributed by atoms with E-state index < -0.39 is 0 Å². The van der Waals surface area contributed by atoms with E-state index >= 15 is 0 Å². The number of oxime groups is 1. The van der Waals surface area contributed by atoms with Gasteiger partial charge in [0, 0.05) is 36.9 Å². The average molecular weight is 392 g/mol. The van der Waals surface area contributed by atoms with Crippen molar-refractivity contribution in [1.29, 1.82) is 0 Å². The molecule has 1 unspecified atom stereocenters. The van der Waals surface area contributed by atoms with E-state index in [2.05, 4.69) is 21.0 Å². The van der Waals surface area contributed by atoms with Crippen molar-refractivity contribution in [3.05, 3.63) is 29.3 Å². The molecular formula is C22H34ClN3O. The van der Waals surface area contributed by atoms with Gasteiger partial charge in [-0.05, 0) is 37.5 Å². The Kier molecular flexibility index (Phi) is 8.28. The van der Waals surface area contributed by atoms with E-state index in [1.165, 1.54) is 50.6 Å². The third-order valence-electron chi connectivity index (χ3n) is 6.10. The number of nitrogens with zero attached hydrogens (tertiary/aromatic N) is 3. The maximum Gasteiger partial charge on any atom is 0.0742 e. The number of halogens is 1. The Morgan fingerprint density at radius 2 is 1.56 bits per heavy atom. The zero-order valence-corrected chi connectivity index (χ0v) is 17.2. The molecule has 0 spiro atoms. The summed E-state index contributed by atoms with van der Waals surface area (Å²) in [7, 11) is 0. The monoisotopic (exact) mass is 391 g/mol. The first-order valence-corrected chi connectivity index (χ1v) is 11.1. The van der Waals surface area contributed by atoms with E-state index in [-0.39, 0.29) is 0 Å². The normalized spacial score (nSPS) is 25.7. The van der Waals surface area contributed by atoms with Crippen molar-refractivity contribution in [1.82, 2.24) is 4.90 Å². The molecule has 1 saturated carbocycles. The number of rotatable bonds is 2. The maximum absolute atomic E-state index is 9.69. The lowest BCUT2D eigenvalue weighted by molar-refractivity contribution is 0.208. The minimum absolute atomic E-state index is 0.302. The SMILES string of the molecule is O/N=C1/CCCCCCCCCCC1N1CCN(c2cccc(Cl)c2)CC1. The molecule has 0 radical (unpaired) electrons. The van der Waals surface area contributed by atoms with E-state index in [1.54, 1.807) is 0 Å². The molecule has 1 aromatic carbocycles. The fraction of sp³-hybridized carbons (Fsp3) is 0.682. The first-order chi connectivity index (χ1) is 13.3. The van der Waals surface area contributed by atoms with E-state index in [1.807, 2.05) is 18.2 Å². The van der Waals surface area contributed by atoms with Gasteiger partial charge in [-0.3, -0.25) is 4.90 Å². The number of benzene rings is 1. The third kappa shape index (κ3) is 6.11. The van der Waals surface area contributed by atoms with Crippen LogP contribution in [0.5, 0.6) is 0 Å². The van der Waals surface area contributed by atoms with Gasteiger partial charge >= 0.3 is 0 Å². The first kappa shape index (κ1) is 20.5. The Morgan fingerprint density at radius 3 is 2.22 bits per heavy atom. The van der Waals surface area contributed by atoms with Gasteiger partial charge in [0.1, 0.15) is 0 Å². The van der Waals surface area contributed by atoms with Crippen molar-refractivity contribution < 1.29 is 5.21 Å². The molecule has 4 nitrogen and oxygen atoms in total. The van der Waals surface area contributed by atoms with Crippen LogP contribution in [0, 0.1) is 0 Å². The van der Waals surface area contributed by atoms with E-state index in [0.717, 1.165) is 56.2 Å². The molecule has 1 atom stereocenters. The topological polar surface area (TPSA) is 39.1 Å². The van der Waals surface area contributed by atoms with Gasteiger partial charge < -0.3 is 10.1 Å². The molecule has 1 N–H and O–H groups in total. The summed E-state index contributed by atoms with van der Waals surface area (Å²) in [5.74, 6) is 0. The maximum atomic E-state index is 9.69. The first-order valence-electron chi connectivity index (χ1n) is 10.7. The predicted octanol–water partition coefficient (Wildman–Crippen LogP) is 5.58. The molecule has 2 fully saturated rings. The van der Waals surface area contributed by atoms with Gasteiger partial charge in [-0.2, -0.15) is 0 Å². The molecule has 0 aromatic heterocycles. The second-order valence-electron chi connectivity index (χ2n) is 7.98. The van der Waals surface area contributed by atoms with Crippen LogP contribution in [0.2, 0.25) is 5.02 Å². The van der Waals surface area contributed by atoms with Crippen molar-refractivity contribution in [2.24, 2.45) is 5.16 Å². The van der Waals surface area contributed by atoms with Gasteiger partial charge in [-0.15, -0.1) is 0 Å². The molecule has 5 heteroatoms. The van der Waals surface area contributed by atoms with Crippen molar-refractivity contribution in [3.63, 3.8) is 0 Å². The fourth-order valence-corrected chi connectivity index (χ4v) is 4.70. The van der Waals surface area contributed by atoms with Crippen LogP contribution in [0.4, 0.5) is 5.69 Å². The Balaban J connectivity index is 1.61. The summed E-state index contributed by atoms with van der Waals surface area (Å²) in [5, 5.41) is 14.3. The van der Waals surface area contributed by atoms with Crippen molar-refractivity contribution >= 4 is 23.0 Å². The van der Waals surface area contributed by atoms with Crippen molar-refractivity contribution in [2.75, 3.05) is 31.1 Å². The summed E-state index contributed by atoms with van der Waals surface area (Å²) >= 11 is 6.16. The van der Waals surface area contributed by atoms with Gasteiger partial charge in [0.15, 0.2) is 0 Å². The van der Waals surface area contributed by atoms with Crippen molar-refractivity contribution in [3.8, 4) is 0 Å². The quantitative estimate of drug-likeness (QED) is 0.528. The number of hydrogen-bond acceptors (Lipinski definition) is 4. The molecular weight excluding hydrogens is 358 g/mol. The lowest BCUT2D eigenvalue weighted by Crippen LogP contribution is -2.52. The van der Waals surface area contributed by atoms with Crippen LogP contribution < -0.4 is 4.90 Å². The number of hydrogen-bond donors (Lipinski definition) is 1. The molecule has 150 valence electrons. The molecule has 0 amide bonds. The van der Waals surface area contributed by atoms with E-state index in [9.17, 15) is 5.21 Å². The van der Waals surface area contributed by atoms with Gasteiger partial charge in [-0.25, -0.2) is 0 Å². The molecule has 1 aliphatic carbocycles. The predicted molar refractivity (Wildman–Crippen MR) is 114 cm³/mol. The zero-order chi connectivity index (χ0) is 18.9. The molecule has 1 aromatic rings. The summed E-state index contributed by atoms with van der Waals surface area (Å²) in [4.78, 5) is 4.95. The second kappa shape index (κ2) is 10.9. The summed E-state index contributed by atoms with van der Waals surface area (Å²) in [5.41, 5.74) is 2.21. The molecule has 0 bridgehead atoms. The second-order valence-corrected chi connectivity index (χ2v) is 8.41. The smallest absolute Gasteiger partial charge is 0.0742 e. The molecule has 2 aliphatic rings. The average Bonchev–Trinajstić information content (AvgIpc) is 2.69. The Labute approximate surface area is 169 Å². The van der Waals surface area contributed by atoms with Crippen LogP contribution in [0.3, 0.4) is 0 Å². The van der Waals surface area contributed by atoms with Crippen LogP contribution >= 0.6 is 11.6 Å². The molecule has 1 heterocycles.